The van der Waals surface area contributed by atoms with E-state index in [1.54, 1.807) is 30.3 Å². The summed E-state index contributed by atoms with van der Waals surface area (Å²) in [6, 6.07) is 15.7. The Kier molecular flexibility index (Phi) is 5.51. The third-order valence-corrected chi connectivity index (χ3v) is 3.66. The van der Waals surface area contributed by atoms with E-state index in [4.69, 9.17) is 9.26 Å². The first-order valence-corrected chi connectivity index (χ1v) is 8.44. The average Bonchev–Trinajstić information content (AvgIpc) is 3.14. The maximum Gasteiger partial charge on any atom is 0.277 e. The Balaban J connectivity index is 1.66. The Hall–Kier alpha value is -3.61. The van der Waals surface area contributed by atoms with Crippen LogP contribution >= 0.6 is 0 Å². The number of anilines is 2. The van der Waals surface area contributed by atoms with Gasteiger partial charge >= 0.3 is 0 Å². The molecule has 0 radical (unpaired) electrons. The van der Waals surface area contributed by atoms with Crippen molar-refractivity contribution in [2.75, 3.05) is 17.2 Å². The summed E-state index contributed by atoms with van der Waals surface area (Å²) < 4.78 is 10.7. The lowest BCUT2D eigenvalue weighted by atomic mass is 10.1. The molecule has 2 N–H and O–H groups in total. The van der Waals surface area contributed by atoms with Gasteiger partial charge < -0.3 is 19.9 Å². The van der Waals surface area contributed by atoms with Gasteiger partial charge in [0.2, 0.25) is 5.91 Å². The lowest BCUT2D eigenvalue weighted by molar-refractivity contribution is -0.114. The fraction of sp³-hybridized carbons (Fsp3) is 0.150. The third kappa shape index (κ3) is 4.72. The Morgan fingerprint density at radius 1 is 1.00 bits per heavy atom. The normalized spacial score (nSPS) is 10.3. The molecule has 7 heteroatoms. The van der Waals surface area contributed by atoms with Crippen LogP contribution in [0.15, 0.2) is 59.1 Å². The first kappa shape index (κ1) is 18.2. The van der Waals surface area contributed by atoms with E-state index in [2.05, 4.69) is 15.8 Å². The van der Waals surface area contributed by atoms with E-state index in [1.165, 1.54) is 6.92 Å². The van der Waals surface area contributed by atoms with Crippen LogP contribution in [0.25, 0.3) is 11.3 Å². The van der Waals surface area contributed by atoms with Gasteiger partial charge in [0.05, 0.1) is 6.61 Å². The maximum atomic E-state index is 12.3. The number of carbonyl (C=O) groups is 2. The molecule has 0 aliphatic heterocycles. The van der Waals surface area contributed by atoms with Crippen molar-refractivity contribution in [3.8, 4) is 17.1 Å². The summed E-state index contributed by atoms with van der Waals surface area (Å²) in [5, 5.41) is 9.23. The molecule has 0 fully saturated rings. The highest BCUT2D eigenvalue weighted by Crippen LogP contribution is 2.24. The van der Waals surface area contributed by atoms with Crippen molar-refractivity contribution in [3.63, 3.8) is 0 Å². The van der Waals surface area contributed by atoms with Gasteiger partial charge in [-0.25, -0.2) is 0 Å². The zero-order valence-corrected chi connectivity index (χ0v) is 15.0. The quantitative estimate of drug-likeness (QED) is 0.690. The summed E-state index contributed by atoms with van der Waals surface area (Å²) in [6.45, 7) is 3.95. The highest BCUT2D eigenvalue weighted by Gasteiger charge is 2.14. The first-order chi connectivity index (χ1) is 13.0. The number of nitrogens with zero attached hydrogens (tertiary/aromatic N) is 1. The minimum atomic E-state index is -0.386. The molecular formula is C20H19N3O4. The Morgan fingerprint density at radius 2 is 1.63 bits per heavy atom. The summed E-state index contributed by atoms with van der Waals surface area (Å²) in [7, 11) is 0. The van der Waals surface area contributed by atoms with Gasteiger partial charge in [-0.15, -0.1) is 0 Å². The van der Waals surface area contributed by atoms with Crippen LogP contribution in [-0.2, 0) is 4.79 Å². The highest BCUT2D eigenvalue weighted by molar-refractivity contribution is 6.03. The minimum absolute atomic E-state index is 0.156. The largest absolute Gasteiger partial charge is 0.494 e. The summed E-state index contributed by atoms with van der Waals surface area (Å²) in [5.74, 6) is 0.713. The van der Waals surface area contributed by atoms with Gasteiger partial charge in [0.1, 0.15) is 5.75 Å². The summed E-state index contributed by atoms with van der Waals surface area (Å²) in [6.07, 6.45) is 0. The minimum Gasteiger partial charge on any atom is -0.494 e. The predicted molar refractivity (Wildman–Crippen MR) is 102 cm³/mol. The standard InChI is InChI=1S/C20H19N3O4/c1-3-26-17-10-4-14(5-11-17)19-12-18(23-27-19)20(25)22-16-8-6-15(7-9-16)21-13(2)24/h4-12H,3H2,1-2H3,(H,21,24)(H,22,25). The number of hydrogen-bond donors (Lipinski definition) is 2. The van der Waals surface area contributed by atoms with Crippen LogP contribution in [0.4, 0.5) is 11.4 Å². The van der Waals surface area contributed by atoms with Gasteiger partial charge in [0.15, 0.2) is 11.5 Å². The molecule has 7 nitrogen and oxygen atoms in total. The molecule has 1 aromatic heterocycles. The second-order valence-corrected chi connectivity index (χ2v) is 5.75. The molecule has 0 aliphatic rings. The molecule has 0 bridgehead atoms. The number of ether oxygens (including phenoxy) is 1. The number of carbonyl (C=O) groups excluding carboxylic acids is 2. The Labute approximate surface area is 156 Å². The molecule has 0 aliphatic carbocycles. The maximum absolute atomic E-state index is 12.3. The molecule has 2 aromatic carbocycles. The van der Waals surface area contributed by atoms with Crippen LogP contribution in [0.3, 0.4) is 0 Å². The van der Waals surface area contributed by atoms with E-state index in [-0.39, 0.29) is 17.5 Å². The number of hydrogen-bond acceptors (Lipinski definition) is 5. The molecule has 0 atom stereocenters. The van der Waals surface area contributed by atoms with E-state index in [1.807, 2.05) is 31.2 Å². The molecule has 3 rings (SSSR count). The summed E-state index contributed by atoms with van der Waals surface area (Å²) >= 11 is 0. The number of rotatable bonds is 6. The van der Waals surface area contributed by atoms with Gasteiger partial charge in [-0.2, -0.15) is 0 Å². The Bertz CT molecular complexity index is 931. The van der Waals surface area contributed by atoms with Gasteiger partial charge in [0.25, 0.3) is 5.91 Å². The zero-order chi connectivity index (χ0) is 19.2. The second kappa shape index (κ2) is 8.18. The van der Waals surface area contributed by atoms with Crippen molar-refractivity contribution in [3.05, 3.63) is 60.3 Å². The van der Waals surface area contributed by atoms with E-state index in [0.717, 1.165) is 11.3 Å². The number of nitrogens with one attached hydrogen (secondary N) is 2. The van der Waals surface area contributed by atoms with E-state index in [0.29, 0.717) is 23.7 Å². The summed E-state index contributed by atoms with van der Waals surface area (Å²) in [5.41, 5.74) is 2.20. The highest BCUT2D eigenvalue weighted by atomic mass is 16.5. The predicted octanol–water partition coefficient (Wildman–Crippen LogP) is 3.95. The molecule has 3 aromatic rings. The van der Waals surface area contributed by atoms with Gasteiger partial charge in [-0.05, 0) is 55.5 Å². The van der Waals surface area contributed by atoms with Crippen molar-refractivity contribution < 1.29 is 18.8 Å². The van der Waals surface area contributed by atoms with Crippen LogP contribution in [0.5, 0.6) is 5.75 Å². The SMILES string of the molecule is CCOc1ccc(-c2cc(C(=O)Nc3ccc(NC(C)=O)cc3)no2)cc1. The molecule has 1 heterocycles. The van der Waals surface area contributed by atoms with Crippen LogP contribution in [0.2, 0.25) is 0 Å². The van der Waals surface area contributed by atoms with Crippen LogP contribution in [-0.4, -0.2) is 23.6 Å². The number of benzene rings is 2. The molecule has 138 valence electrons. The van der Waals surface area contributed by atoms with E-state index < -0.39 is 0 Å². The van der Waals surface area contributed by atoms with Crippen molar-refractivity contribution in [1.29, 1.82) is 0 Å². The molecular weight excluding hydrogens is 346 g/mol. The molecule has 0 unspecified atom stereocenters. The zero-order valence-electron chi connectivity index (χ0n) is 15.0. The average molecular weight is 365 g/mol. The monoisotopic (exact) mass is 365 g/mol. The molecule has 0 saturated carbocycles. The number of aromatic nitrogens is 1. The van der Waals surface area contributed by atoms with Crippen molar-refractivity contribution in [2.45, 2.75) is 13.8 Å². The summed E-state index contributed by atoms with van der Waals surface area (Å²) in [4.78, 5) is 23.4. The van der Waals surface area contributed by atoms with Gasteiger partial charge in [0, 0.05) is 29.9 Å². The second-order valence-electron chi connectivity index (χ2n) is 5.75. The lowest BCUT2D eigenvalue weighted by Crippen LogP contribution is -2.12. The first-order valence-electron chi connectivity index (χ1n) is 8.44. The van der Waals surface area contributed by atoms with Crippen LogP contribution in [0.1, 0.15) is 24.3 Å². The fourth-order valence-electron chi connectivity index (χ4n) is 2.44. The molecule has 27 heavy (non-hydrogen) atoms. The lowest BCUT2D eigenvalue weighted by Gasteiger charge is -2.05. The van der Waals surface area contributed by atoms with Crippen LogP contribution in [0, 0.1) is 0 Å². The topological polar surface area (TPSA) is 93.5 Å². The van der Waals surface area contributed by atoms with E-state index >= 15 is 0 Å². The molecule has 0 spiro atoms. The van der Waals surface area contributed by atoms with Crippen molar-refractivity contribution >= 4 is 23.2 Å². The Morgan fingerprint density at radius 3 is 2.22 bits per heavy atom. The molecule has 2 amide bonds. The van der Waals surface area contributed by atoms with Gasteiger partial charge in [-0.1, -0.05) is 5.16 Å². The van der Waals surface area contributed by atoms with Crippen molar-refractivity contribution in [1.82, 2.24) is 5.16 Å². The van der Waals surface area contributed by atoms with E-state index in [9.17, 15) is 9.59 Å². The smallest absolute Gasteiger partial charge is 0.277 e. The van der Waals surface area contributed by atoms with Gasteiger partial charge in [-0.3, -0.25) is 9.59 Å². The molecule has 0 saturated heterocycles. The fourth-order valence-corrected chi connectivity index (χ4v) is 2.44. The van der Waals surface area contributed by atoms with Crippen LogP contribution < -0.4 is 15.4 Å². The van der Waals surface area contributed by atoms with Crippen molar-refractivity contribution in [2.24, 2.45) is 0 Å². The third-order valence-electron chi connectivity index (χ3n) is 3.66. The number of amides is 2.